The van der Waals surface area contributed by atoms with Gasteiger partial charge in [0.15, 0.2) is 0 Å². The van der Waals surface area contributed by atoms with Gasteiger partial charge >= 0.3 is 5.97 Å². The number of phenols is 1. The molecule has 0 heterocycles. The van der Waals surface area contributed by atoms with Gasteiger partial charge in [0.2, 0.25) is 41.4 Å². The maximum absolute atomic E-state index is 13.1. The van der Waals surface area contributed by atoms with E-state index in [-0.39, 0.29) is 17.9 Å². The molecular formula is C28H42N8O12S. The molecule has 20 nitrogen and oxygen atoms in total. The molecule has 0 aliphatic carbocycles. The second-order valence-electron chi connectivity index (χ2n) is 10.8. The van der Waals surface area contributed by atoms with Gasteiger partial charge in [-0.2, -0.15) is 12.6 Å². The first-order chi connectivity index (χ1) is 22.9. The molecule has 7 atom stereocenters. The van der Waals surface area contributed by atoms with Gasteiger partial charge < -0.3 is 64.2 Å². The normalized spacial score (nSPS) is 15.1. The molecule has 272 valence electrons. The Bertz CT molecular complexity index is 1360. The number of nitrogens with two attached hydrogens (primary N) is 3. The molecule has 0 aliphatic heterocycles. The summed E-state index contributed by atoms with van der Waals surface area (Å²) in [6.45, 7) is 0.0491. The number of aliphatic carboxylic acids is 1. The molecule has 0 unspecified atom stereocenters. The molecule has 0 fully saturated rings. The van der Waals surface area contributed by atoms with Crippen LogP contribution >= 0.6 is 12.6 Å². The molecule has 49 heavy (non-hydrogen) atoms. The van der Waals surface area contributed by atoms with Crippen molar-refractivity contribution in [1.82, 2.24) is 26.6 Å². The van der Waals surface area contributed by atoms with E-state index in [4.69, 9.17) is 17.2 Å². The Morgan fingerprint density at radius 1 is 0.755 bits per heavy atom. The van der Waals surface area contributed by atoms with E-state index in [1.54, 1.807) is 0 Å². The van der Waals surface area contributed by atoms with Crippen molar-refractivity contribution in [2.45, 2.75) is 75.0 Å². The van der Waals surface area contributed by atoms with E-state index in [1.165, 1.54) is 24.3 Å². The third kappa shape index (κ3) is 14.8. The minimum absolute atomic E-state index is 0.0714. The van der Waals surface area contributed by atoms with Crippen LogP contribution in [-0.4, -0.2) is 122 Å². The van der Waals surface area contributed by atoms with Gasteiger partial charge in [-0.05, 0) is 31.0 Å². The molecule has 0 radical (unpaired) electrons. The van der Waals surface area contributed by atoms with E-state index in [1.807, 2.05) is 0 Å². The van der Waals surface area contributed by atoms with Crippen LogP contribution in [0.25, 0.3) is 0 Å². The van der Waals surface area contributed by atoms with E-state index >= 15 is 0 Å². The number of nitrogens with one attached hydrogen (secondary N) is 5. The van der Waals surface area contributed by atoms with E-state index in [0.717, 1.165) is 6.92 Å². The molecule has 15 N–H and O–H groups in total. The number of benzene rings is 1. The smallest absolute Gasteiger partial charge is 0.326 e. The first kappa shape index (κ1) is 42.0. The molecule has 0 saturated heterocycles. The van der Waals surface area contributed by atoms with Gasteiger partial charge in [-0.3, -0.25) is 33.6 Å². The van der Waals surface area contributed by atoms with Crippen molar-refractivity contribution in [1.29, 1.82) is 0 Å². The summed E-state index contributed by atoms with van der Waals surface area (Å²) in [6, 6.07) is -3.99. The highest BCUT2D eigenvalue weighted by Crippen LogP contribution is 2.12. The van der Waals surface area contributed by atoms with Gasteiger partial charge in [0.05, 0.1) is 25.2 Å². The van der Waals surface area contributed by atoms with Crippen LogP contribution in [0.4, 0.5) is 0 Å². The zero-order valence-corrected chi connectivity index (χ0v) is 27.2. The molecule has 0 aliphatic rings. The maximum Gasteiger partial charge on any atom is 0.326 e. The number of carbonyl (C=O) groups excluding carboxylic acids is 7. The van der Waals surface area contributed by atoms with Gasteiger partial charge in [0.1, 0.15) is 36.0 Å². The SMILES string of the molecule is C[C@@H](O)[C@H](NC(=O)[C@H](CO)NC(=O)[C@H](CCC(N)=O)NC(=O)[C@H](CS)NC(=O)[C@@H](N)CC(N)=O)C(=O)N[C@@H](Cc1ccc(O)cc1)C(=O)O. The topological polar surface area (TPSA) is 356 Å². The third-order valence-corrected chi connectivity index (χ3v) is 7.12. The lowest BCUT2D eigenvalue weighted by molar-refractivity contribution is -0.143. The molecule has 0 spiro atoms. The summed E-state index contributed by atoms with van der Waals surface area (Å²) in [5, 5.41) is 50.1. The van der Waals surface area contributed by atoms with E-state index < -0.39 is 116 Å². The van der Waals surface area contributed by atoms with Gasteiger partial charge in [0, 0.05) is 18.6 Å². The monoisotopic (exact) mass is 714 g/mol. The van der Waals surface area contributed by atoms with Crippen LogP contribution in [0.3, 0.4) is 0 Å². The molecule has 0 aromatic heterocycles. The predicted octanol–water partition coefficient (Wildman–Crippen LogP) is -5.79. The van der Waals surface area contributed by atoms with Crippen molar-refractivity contribution in [2.24, 2.45) is 17.2 Å². The van der Waals surface area contributed by atoms with Crippen LogP contribution in [0.15, 0.2) is 24.3 Å². The summed E-state index contributed by atoms with van der Waals surface area (Å²) in [7, 11) is 0. The second kappa shape index (κ2) is 20.4. The Morgan fingerprint density at radius 2 is 1.27 bits per heavy atom. The Hall–Kier alpha value is -4.99. The summed E-state index contributed by atoms with van der Waals surface area (Å²) in [6.07, 6.45) is -3.20. The number of aliphatic hydroxyl groups is 2. The number of phenolic OH excluding ortho intramolecular Hbond substituents is 1. The third-order valence-electron chi connectivity index (χ3n) is 6.75. The molecule has 1 rings (SSSR count). The van der Waals surface area contributed by atoms with Crippen molar-refractivity contribution < 1.29 is 58.8 Å². The van der Waals surface area contributed by atoms with Crippen molar-refractivity contribution in [3.63, 3.8) is 0 Å². The number of hydrogen-bond donors (Lipinski definition) is 13. The fourth-order valence-electron chi connectivity index (χ4n) is 4.06. The number of aromatic hydroxyl groups is 1. The number of carboxylic acid groups (broad SMARTS) is 1. The van der Waals surface area contributed by atoms with E-state index in [2.05, 4.69) is 39.2 Å². The van der Waals surface area contributed by atoms with E-state index in [9.17, 15) is 58.8 Å². The first-order valence-electron chi connectivity index (χ1n) is 14.6. The van der Waals surface area contributed by atoms with Crippen LogP contribution in [0.5, 0.6) is 5.75 Å². The average molecular weight is 715 g/mol. The largest absolute Gasteiger partial charge is 0.508 e. The van der Waals surface area contributed by atoms with Gasteiger partial charge in [-0.25, -0.2) is 4.79 Å². The van der Waals surface area contributed by atoms with Crippen molar-refractivity contribution in [3.05, 3.63) is 29.8 Å². The Labute approximate surface area is 285 Å². The summed E-state index contributed by atoms with van der Waals surface area (Å²) in [5.41, 5.74) is 16.2. The van der Waals surface area contributed by atoms with Gasteiger partial charge in [-0.1, -0.05) is 12.1 Å². The summed E-state index contributed by atoms with van der Waals surface area (Å²) >= 11 is 3.99. The molecule has 0 saturated carbocycles. The number of carbonyl (C=O) groups is 8. The summed E-state index contributed by atoms with van der Waals surface area (Å²) in [4.78, 5) is 98.6. The standard InChI is InChI=1S/C28H42N8O12S/c1-12(38)22(27(46)33-17(28(47)48)8-13-2-4-14(39)5-3-13)36-25(44)18(10-37)34-24(43)16(6-7-20(30)40)32-26(45)19(11-49)35-23(42)15(29)9-21(31)41/h2-5,12,15-19,22,37-39,49H,6-11,29H2,1H3,(H2,30,40)(H2,31,41)(H,32,45)(H,33,46)(H,34,43)(H,35,42)(H,36,44)(H,47,48)/t12-,15+,16+,17+,18+,19+,22+/m1/s1. The molecule has 0 bridgehead atoms. The van der Waals surface area contributed by atoms with Crippen molar-refractivity contribution in [2.75, 3.05) is 12.4 Å². The highest BCUT2D eigenvalue weighted by atomic mass is 32.1. The Morgan fingerprint density at radius 3 is 1.76 bits per heavy atom. The minimum Gasteiger partial charge on any atom is -0.508 e. The number of hydrogen-bond acceptors (Lipinski definition) is 13. The number of thiol groups is 1. The molecular weight excluding hydrogens is 672 g/mol. The average Bonchev–Trinajstić information content (AvgIpc) is 3.02. The predicted molar refractivity (Wildman–Crippen MR) is 172 cm³/mol. The highest BCUT2D eigenvalue weighted by molar-refractivity contribution is 7.80. The maximum atomic E-state index is 13.1. The molecule has 21 heteroatoms. The lowest BCUT2D eigenvalue weighted by Gasteiger charge is -2.27. The highest BCUT2D eigenvalue weighted by Gasteiger charge is 2.34. The van der Waals surface area contributed by atoms with Crippen LogP contribution < -0.4 is 43.8 Å². The number of amides is 7. The number of rotatable bonds is 21. The Kier molecular flexibility index (Phi) is 17.5. The minimum atomic E-state index is -1.80. The first-order valence-corrected chi connectivity index (χ1v) is 15.3. The van der Waals surface area contributed by atoms with Crippen LogP contribution in [-0.2, 0) is 44.8 Å². The fourth-order valence-corrected chi connectivity index (χ4v) is 4.32. The van der Waals surface area contributed by atoms with E-state index in [0.29, 0.717) is 5.56 Å². The van der Waals surface area contributed by atoms with Crippen molar-refractivity contribution in [3.8, 4) is 5.75 Å². The van der Waals surface area contributed by atoms with Crippen molar-refractivity contribution >= 4 is 59.9 Å². The zero-order valence-electron chi connectivity index (χ0n) is 26.3. The van der Waals surface area contributed by atoms with Crippen LogP contribution in [0.2, 0.25) is 0 Å². The lowest BCUT2D eigenvalue weighted by Crippen LogP contribution is -2.61. The Balaban J connectivity index is 3.05. The second-order valence-corrected chi connectivity index (χ2v) is 11.2. The summed E-state index contributed by atoms with van der Waals surface area (Å²) in [5.74, 6) is -8.95. The number of carboxylic acids is 1. The fraction of sp³-hybridized carbons (Fsp3) is 0.500. The molecule has 7 amide bonds. The van der Waals surface area contributed by atoms with Crippen LogP contribution in [0, 0.1) is 0 Å². The summed E-state index contributed by atoms with van der Waals surface area (Å²) < 4.78 is 0. The molecule has 1 aromatic carbocycles. The zero-order chi connectivity index (χ0) is 37.4. The van der Waals surface area contributed by atoms with Gasteiger partial charge in [0.25, 0.3) is 0 Å². The number of aliphatic hydroxyl groups excluding tert-OH is 2. The number of primary amides is 2. The van der Waals surface area contributed by atoms with Gasteiger partial charge in [-0.15, -0.1) is 0 Å². The molecule has 1 aromatic rings. The quantitative estimate of drug-likeness (QED) is 0.0529. The lowest BCUT2D eigenvalue weighted by atomic mass is 10.0. The van der Waals surface area contributed by atoms with Crippen LogP contribution in [0.1, 0.15) is 31.7 Å².